The van der Waals surface area contributed by atoms with Gasteiger partial charge < -0.3 is 0 Å². The van der Waals surface area contributed by atoms with Gasteiger partial charge in [-0.15, -0.1) is 11.8 Å². The monoisotopic (exact) mass is 167 g/mol. The normalized spacial score (nSPS) is 28.2. The largest absolute Gasteiger partial charge is 0.265 e. The van der Waals surface area contributed by atoms with Crippen molar-refractivity contribution in [1.82, 2.24) is 0 Å². The van der Waals surface area contributed by atoms with Crippen molar-refractivity contribution >= 4 is 39.6 Å². The van der Waals surface area contributed by atoms with Crippen LogP contribution in [0.4, 0.5) is 0 Å². The molecule has 0 saturated heterocycles. The first kappa shape index (κ1) is 6.78. The van der Waals surface area contributed by atoms with E-state index in [0.717, 1.165) is 6.54 Å². The number of hydrogen-bond acceptors (Lipinski definition) is 3. The Kier molecular flexibility index (Phi) is 2.53. The zero-order valence-electron chi connectivity index (χ0n) is 4.43. The van der Waals surface area contributed by atoms with Crippen molar-refractivity contribution in [3.8, 4) is 0 Å². The maximum atomic E-state index is 5.59. The number of nitrogens with zero attached hydrogens (tertiary/aromatic N) is 1. The summed E-state index contributed by atoms with van der Waals surface area (Å²) in [6, 6.07) is 0. The van der Waals surface area contributed by atoms with Gasteiger partial charge in [-0.25, -0.2) is 0 Å². The Balaban J connectivity index is 2.32. The molecule has 0 aromatic carbocycles. The van der Waals surface area contributed by atoms with Crippen LogP contribution < -0.4 is 0 Å². The quantitative estimate of drug-likeness (QED) is 0.593. The van der Waals surface area contributed by atoms with E-state index in [1.54, 1.807) is 23.5 Å². The van der Waals surface area contributed by atoms with Crippen molar-refractivity contribution in [2.75, 3.05) is 12.8 Å². The van der Waals surface area contributed by atoms with E-state index in [1.807, 2.05) is 0 Å². The van der Waals surface area contributed by atoms with E-state index in [9.17, 15) is 0 Å². The summed E-state index contributed by atoms with van der Waals surface area (Å²) in [7, 11) is 0. The highest BCUT2D eigenvalue weighted by Crippen LogP contribution is 2.29. The summed E-state index contributed by atoms with van der Waals surface area (Å²) in [5.41, 5.74) is 0. The Morgan fingerprint density at radius 3 is 3.00 bits per heavy atom. The van der Waals surface area contributed by atoms with Crippen molar-refractivity contribution in [2.24, 2.45) is 4.99 Å². The molecule has 0 N–H and O–H groups in total. The van der Waals surface area contributed by atoms with Gasteiger partial charge in [-0.05, 0) is 6.26 Å². The summed E-state index contributed by atoms with van der Waals surface area (Å²) in [6.07, 6.45) is 2.07. The lowest BCUT2D eigenvalue weighted by Crippen LogP contribution is -1.92. The van der Waals surface area contributed by atoms with Crippen LogP contribution in [0.3, 0.4) is 0 Å². The third-order valence-corrected chi connectivity index (χ3v) is 3.52. The average molecular weight is 168 g/mol. The minimum absolute atomic E-state index is 0.572. The summed E-state index contributed by atoms with van der Waals surface area (Å²) in [6.45, 7) is 0.880. The second-order valence-electron chi connectivity index (χ2n) is 1.38. The molecule has 8 heavy (non-hydrogen) atoms. The second-order valence-corrected chi connectivity index (χ2v) is 4.49. The van der Waals surface area contributed by atoms with Crippen LogP contribution >= 0.6 is 35.1 Å². The van der Waals surface area contributed by atoms with Crippen LogP contribution in [-0.4, -0.2) is 21.9 Å². The molecule has 0 aromatic heterocycles. The first-order valence-electron chi connectivity index (χ1n) is 2.22. The van der Waals surface area contributed by atoms with Gasteiger partial charge in [0.2, 0.25) is 0 Å². The molecule has 1 rings (SSSR count). The molecule has 1 nitrogen and oxygen atoms in total. The number of thioether (sulfide) groups is 2. The standard InChI is InChI=1S/C4H6ClNS2/c1-7-3-2-6-4(5)8-3/h3H,2H2,1H3. The Morgan fingerprint density at radius 2 is 2.75 bits per heavy atom. The van der Waals surface area contributed by atoms with E-state index in [4.69, 9.17) is 11.6 Å². The molecule has 0 spiro atoms. The van der Waals surface area contributed by atoms with E-state index >= 15 is 0 Å². The zero-order chi connectivity index (χ0) is 5.98. The molecule has 1 heterocycles. The Hall–Kier alpha value is 0.660. The van der Waals surface area contributed by atoms with Crippen molar-refractivity contribution < 1.29 is 0 Å². The van der Waals surface area contributed by atoms with E-state index < -0.39 is 0 Å². The molecule has 46 valence electrons. The summed E-state index contributed by atoms with van der Waals surface area (Å²) < 4.78 is 1.28. The fourth-order valence-corrected chi connectivity index (χ4v) is 2.40. The minimum atomic E-state index is 0.572. The lowest BCUT2D eigenvalue weighted by molar-refractivity contribution is 1.14. The van der Waals surface area contributed by atoms with Gasteiger partial charge in [0.1, 0.15) is 0 Å². The molecule has 1 aliphatic rings. The molecular formula is C4H6ClNS2. The number of hydrogen-bond donors (Lipinski definition) is 0. The molecule has 0 aromatic rings. The third-order valence-electron chi connectivity index (χ3n) is 0.856. The first-order valence-corrected chi connectivity index (χ1v) is 4.77. The molecule has 0 bridgehead atoms. The lowest BCUT2D eigenvalue weighted by atomic mass is 10.8. The highest BCUT2D eigenvalue weighted by molar-refractivity contribution is 8.26. The molecule has 4 heteroatoms. The van der Waals surface area contributed by atoms with Gasteiger partial charge in [-0.2, -0.15) is 0 Å². The number of aliphatic imine (C=N–C) groups is 1. The van der Waals surface area contributed by atoms with Crippen LogP contribution in [-0.2, 0) is 0 Å². The summed E-state index contributed by atoms with van der Waals surface area (Å²) in [5, 5.41) is 0. The predicted octanol–water partition coefficient (Wildman–Crippen LogP) is 2.02. The smallest absolute Gasteiger partial charge is 0.159 e. The Morgan fingerprint density at radius 1 is 2.00 bits per heavy atom. The summed E-state index contributed by atoms with van der Waals surface area (Å²) >= 11 is 9.03. The van der Waals surface area contributed by atoms with Gasteiger partial charge in [0.05, 0.1) is 11.1 Å². The first-order chi connectivity index (χ1) is 3.83. The molecular weight excluding hydrogens is 162 g/mol. The highest BCUT2D eigenvalue weighted by Gasteiger charge is 2.15. The van der Waals surface area contributed by atoms with Crippen LogP contribution in [0, 0.1) is 0 Å². The zero-order valence-corrected chi connectivity index (χ0v) is 6.82. The van der Waals surface area contributed by atoms with E-state index in [2.05, 4.69) is 11.2 Å². The molecule has 0 radical (unpaired) electrons. The van der Waals surface area contributed by atoms with Gasteiger partial charge in [0.25, 0.3) is 0 Å². The van der Waals surface area contributed by atoms with Crippen LogP contribution in [0.1, 0.15) is 0 Å². The highest BCUT2D eigenvalue weighted by atomic mass is 35.5. The van der Waals surface area contributed by atoms with E-state index in [1.165, 1.54) is 0 Å². The van der Waals surface area contributed by atoms with Crippen LogP contribution in [0.2, 0.25) is 0 Å². The fourth-order valence-electron chi connectivity index (χ4n) is 0.452. The molecule has 1 atom stereocenters. The molecule has 0 amide bonds. The lowest BCUT2D eigenvalue weighted by Gasteiger charge is -1.98. The second kappa shape index (κ2) is 2.99. The number of halogens is 1. The Labute approximate surface area is 62.3 Å². The molecule has 0 saturated carbocycles. The fraction of sp³-hybridized carbons (Fsp3) is 0.750. The molecule has 0 fully saturated rings. The van der Waals surface area contributed by atoms with E-state index in [-0.39, 0.29) is 0 Å². The average Bonchev–Trinajstić information content (AvgIpc) is 2.14. The maximum absolute atomic E-state index is 5.59. The van der Waals surface area contributed by atoms with Crippen LogP contribution in [0.5, 0.6) is 0 Å². The molecule has 0 aliphatic carbocycles. The summed E-state index contributed by atoms with van der Waals surface area (Å²) in [4.78, 5) is 4.01. The van der Waals surface area contributed by atoms with Gasteiger partial charge >= 0.3 is 0 Å². The van der Waals surface area contributed by atoms with Crippen molar-refractivity contribution in [1.29, 1.82) is 0 Å². The number of rotatable bonds is 1. The van der Waals surface area contributed by atoms with Gasteiger partial charge in [0.15, 0.2) is 4.50 Å². The summed E-state index contributed by atoms with van der Waals surface area (Å²) in [5.74, 6) is 0. The Bertz CT molecular complexity index is 115. The minimum Gasteiger partial charge on any atom is -0.265 e. The SMILES string of the molecule is CSC1CN=C(Cl)S1. The van der Waals surface area contributed by atoms with Gasteiger partial charge in [-0.3, -0.25) is 4.99 Å². The van der Waals surface area contributed by atoms with Crippen LogP contribution in [0.15, 0.2) is 4.99 Å². The third kappa shape index (κ3) is 1.57. The van der Waals surface area contributed by atoms with Crippen LogP contribution in [0.25, 0.3) is 0 Å². The predicted molar refractivity (Wildman–Crippen MR) is 43.0 cm³/mol. The van der Waals surface area contributed by atoms with Gasteiger partial charge in [-0.1, -0.05) is 23.4 Å². The maximum Gasteiger partial charge on any atom is 0.159 e. The molecule has 1 unspecified atom stereocenters. The van der Waals surface area contributed by atoms with Crippen molar-refractivity contribution in [3.05, 3.63) is 0 Å². The van der Waals surface area contributed by atoms with Crippen molar-refractivity contribution in [2.45, 2.75) is 4.58 Å². The topological polar surface area (TPSA) is 12.4 Å². The molecule has 1 aliphatic heterocycles. The van der Waals surface area contributed by atoms with Crippen molar-refractivity contribution in [3.63, 3.8) is 0 Å². The van der Waals surface area contributed by atoms with E-state index in [0.29, 0.717) is 9.08 Å². The van der Waals surface area contributed by atoms with Gasteiger partial charge in [0, 0.05) is 0 Å².